The Morgan fingerprint density at radius 2 is 2.00 bits per heavy atom. The Kier molecular flexibility index (Phi) is 2.28. The van der Waals surface area contributed by atoms with Crippen LogP contribution in [0.1, 0.15) is 0 Å². The number of anilines is 1. The fraction of sp³-hybridized carbons (Fsp3) is 0. The molecule has 0 bridgehead atoms. The van der Waals surface area contributed by atoms with Gasteiger partial charge in [-0.2, -0.15) is 0 Å². The largest absolute Gasteiger partial charge is 0.399 e. The minimum Gasteiger partial charge on any atom is -0.399 e. The molecule has 0 radical (unpaired) electrons. The standard InChI is InChI=1S/C14H9FN4S/c15-9-4-5-11-12(7-9)20-14-18-17-13(19(11)14)8-2-1-3-10(16)6-8/h1-7H,16H2. The van der Waals surface area contributed by atoms with Gasteiger partial charge in [0.2, 0.25) is 4.96 Å². The zero-order valence-corrected chi connectivity index (χ0v) is 11.1. The van der Waals surface area contributed by atoms with Crippen molar-refractivity contribution in [1.82, 2.24) is 14.6 Å². The summed E-state index contributed by atoms with van der Waals surface area (Å²) in [5.41, 5.74) is 8.27. The summed E-state index contributed by atoms with van der Waals surface area (Å²) in [5, 5.41) is 8.37. The second kappa shape index (κ2) is 4.01. The molecule has 0 spiro atoms. The first-order valence-electron chi connectivity index (χ1n) is 6.01. The second-order valence-electron chi connectivity index (χ2n) is 4.48. The van der Waals surface area contributed by atoms with E-state index in [1.54, 1.807) is 6.07 Å². The van der Waals surface area contributed by atoms with Crippen LogP contribution in [0.15, 0.2) is 42.5 Å². The first-order chi connectivity index (χ1) is 9.72. The first kappa shape index (κ1) is 11.4. The average Bonchev–Trinajstić information content (AvgIpc) is 2.96. The van der Waals surface area contributed by atoms with Gasteiger partial charge < -0.3 is 5.73 Å². The van der Waals surface area contributed by atoms with Crippen LogP contribution in [-0.4, -0.2) is 14.6 Å². The topological polar surface area (TPSA) is 56.2 Å². The van der Waals surface area contributed by atoms with Gasteiger partial charge >= 0.3 is 0 Å². The molecule has 0 saturated carbocycles. The monoisotopic (exact) mass is 284 g/mol. The predicted molar refractivity (Wildman–Crippen MR) is 78.2 cm³/mol. The molecular weight excluding hydrogens is 275 g/mol. The Morgan fingerprint density at radius 3 is 2.85 bits per heavy atom. The lowest BCUT2D eigenvalue weighted by molar-refractivity contribution is 0.630. The predicted octanol–water partition coefficient (Wildman–Crippen LogP) is 3.33. The molecule has 2 aromatic heterocycles. The van der Waals surface area contributed by atoms with E-state index in [1.807, 2.05) is 28.7 Å². The maximum absolute atomic E-state index is 13.3. The van der Waals surface area contributed by atoms with Crippen LogP contribution >= 0.6 is 11.3 Å². The number of hydrogen-bond acceptors (Lipinski definition) is 4. The van der Waals surface area contributed by atoms with Crippen molar-refractivity contribution in [3.05, 3.63) is 48.3 Å². The number of nitrogens with two attached hydrogens (primary N) is 1. The van der Waals surface area contributed by atoms with Crippen LogP contribution in [0, 0.1) is 5.82 Å². The van der Waals surface area contributed by atoms with E-state index >= 15 is 0 Å². The van der Waals surface area contributed by atoms with E-state index in [0.29, 0.717) is 11.5 Å². The number of rotatable bonds is 1. The lowest BCUT2D eigenvalue weighted by Gasteiger charge is -2.00. The van der Waals surface area contributed by atoms with Gasteiger partial charge in [-0.15, -0.1) is 10.2 Å². The van der Waals surface area contributed by atoms with Crippen molar-refractivity contribution >= 4 is 32.2 Å². The Morgan fingerprint density at radius 1 is 1.10 bits per heavy atom. The molecule has 0 atom stereocenters. The van der Waals surface area contributed by atoms with Crippen molar-refractivity contribution in [2.75, 3.05) is 5.73 Å². The van der Waals surface area contributed by atoms with E-state index in [2.05, 4.69) is 10.2 Å². The van der Waals surface area contributed by atoms with Crippen molar-refractivity contribution < 1.29 is 4.39 Å². The summed E-state index contributed by atoms with van der Waals surface area (Å²) < 4.78 is 16.1. The number of nitrogens with zero attached hydrogens (tertiary/aromatic N) is 3. The summed E-state index contributed by atoms with van der Waals surface area (Å²) in [6.07, 6.45) is 0. The van der Waals surface area contributed by atoms with Crippen molar-refractivity contribution in [2.45, 2.75) is 0 Å². The fourth-order valence-corrected chi connectivity index (χ4v) is 3.26. The van der Waals surface area contributed by atoms with Crippen molar-refractivity contribution in [1.29, 1.82) is 0 Å². The molecule has 98 valence electrons. The molecule has 2 aromatic carbocycles. The second-order valence-corrected chi connectivity index (χ2v) is 5.49. The molecule has 0 saturated heterocycles. The molecule has 4 rings (SSSR count). The summed E-state index contributed by atoms with van der Waals surface area (Å²) in [5.74, 6) is 0.464. The molecule has 6 heteroatoms. The van der Waals surface area contributed by atoms with Crippen LogP contribution in [0.2, 0.25) is 0 Å². The molecule has 0 amide bonds. The highest BCUT2D eigenvalue weighted by atomic mass is 32.1. The summed E-state index contributed by atoms with van der Waals surface area (Å²) in [6.45, 7) is 0. The maximum atomic E-state index is 13.3. The Labute approximate surface area is 117 Å². The van der Waals surface area contributed by atoms with E-state index in [0.717, 1.165) is 20.7 Å². The Bertz CT molecular complexity index is 941. The average molecular weight is 284 g/mol. The molecule has 0 aliphatic heterocycles. The van der Waals surface area contributed by atoms with E-state index < -0.39 is 0 Å². The minimum atomic E-state index is -0.250. The van der Waals surface area contributed by atoms with E-state index in [4.69, 9.17) is 5.73 Å². The van der Waals surface area contributed by atoms with Crippen LogP contribution in [-0.2, 0) is 0 Å². The maximum Gasteiger partial charge on any atom is 0.217 e. The highest BCUT2D eigenvalue weighted by Gasteiger charge is 2.14. The van der Waals surface area contributed by atoms with Crippen molar-refractivity contribution in [3.8, 4) is 11.4 Å². The normalized spacial score (nSPS) is 11.4. The summed E-state index contributed by atoms with van der Waals surface area (Å²) in [7, 11) is 0. The highest BCUT2D eigenvalue weighted by Crippen LogP contribution is 2.30. The minimum absolute atomic E-state index is 0.250. The molecule has 2 heterocycles. The van der Waals surface area contributed by atoms with Crippen LogP contribution < -0.4 is 5.73 Å². The number of thiazole rings is 1. The third-order valence-corrected chi connectivity index (χ3v) is 4.14. The summed E-state index contributed by atoms with van der Waals surface area (Å²) in [4.78, 5) is 0.739. The number of halogens is 1. The van der Waals surface area contributed by atoms with E-state index in [-0.39, 0.29) is 5.82 Å². The molecule has 20 heavy (non-hydrogen) atoms. The zero-order chi connectivity index (χ0) is 13.7. The van der Waals surface area contributed by atoms with Gasteiger partial charge in [0.15, 0.2) is 5.82 Å². The number of nitrogen functional groups attached to an aromatic ring is 1. The molecule has 0 unspecified atom stereocenters. The number of fused-ring (bicyclic) bond motifs is 3. The van der Waals surface area contributed by atoms with Crippen molar-refractivity contribution in [3.63, 3.8) is 0 Å². The SMILES string of the molecule is Nc1cccc(-c2nnc3sc4cc(F)ccc4n23)c1. The van der Waals surface area contributed by atoms with Gasteiger partial charge in [-0.3, -0.25) is 4.40 Å². The lowest BCUT2D eigenvalue weighted by Crippen LogP contribution is -1.90. The van der Waals surface area contributed by atoms with Crippen LogP contribution in [0.3, 0.4) is 0 Å². The highest BCUT2D eigenvalue weighted by molar-refractivity contribution is 7.23. The summed E-state index contributed by atoms with van der Waals surface area (Å²) >= 11 is 1.41. The molecular formula is C14H9FN4S. The number of benzene rings is 2. The van der Waals surface area contributed by atoms with Gasteiger partial charge in [0.25, 0.3) is 0 Å². The van der Waals surface area contributed by atoms with Gasteiger partial charge in [0.05, 0.1) is 10.2 Å². The van der Waals surface area contributed by atoms with E-state index in [9.17, 15) is 4.39 Å². The van der Waals surface area contributed by atoms with Crippen LogP contribution in [0.25, 0.3) is 26.6 Å². The van der Waals surface area contributed by atoms with Gasteiger partial charge in [0.1, 0.15) is 5.82 Å². The third-order valence-electron chi connectivity index (χ3n) is 3.14. The summed E-state index contributed by atoms with van der Waals surface area (Å²) in [6, 6.07) is 12.2. The fourth-order valence-electron chi connectivity index (χ4n) is 2.27. The molecule has 0 aliphatic rings. The molecule has 2 N–H and O–H groups in total. The molecule has 0 fully saturated rings. The lowest BCUT2D eigenvalue weighted by atomic mass is 10.2. The van der Waals surface area contributed by atoms with E-state index in [1.165, 1.54) is 23.5 Å². The zero-order valence-electron chi connectivity index (χ0n) is 10.2. The van der Waals surface area contributed by atoms with Gasteiger partial charge in [-0.1, -0.05) is 23.5 Å². The van der Waals surface area contributed by atoms with Gasteiger partial charge in [-0.05, 0) is 30.3 Å². The quantitative estimate of drug-likeness (QED) is 0.545. The number of hydrogen-bond donors (Lipinski definition) is 1. The molecule has 4 aromatic rings. The van der Waals surface area contributed by atoms with Crippen LogP contribution in [0.4, 0.5) is 10.1 Å². The number of aromatic nitrogens is 3. The molecule has 4 nitrogen and oxygen atoms in total. The molecule has 0 aliphatic carbocycles. The smallest absolute Gasteiger partial charge is 0.217 e. The first-order valence-corrected chi connectivity index (χ1v) is 6.83. The van der Waals surface area contributed by atoms with Gasteiger partial charge in [-0.25, -0.2) is 4.39 Å². The Hall–Kier alpha value is -2.47. The Balaban J connectivity index is 2.07. The van der Waals surface area contributed by atoms with Gasteiger partial charge in [0, 0.05) is 11.3 Å². The van der Waals surface area contributed by atoms with Crippen molar-refractivity contribution in [2.24, 2.45) is 0 Å². The third kappa shape index (κ3) is 1.58. The van der Waals surface area contributed by atoms with Crippen LogP contribution in [0.5, 0.6) is 0 Å².